The Hall–Kier alpha value is -0.940. The number of aromatic nitrogens is 3. The second-order valence-corrected chi connectivity index (χ2v) is 5.63. The van der Waals surface area contributed by atoms with Gasteiger partial charge < -0.3 is 10.1 Å². The molecule has 1 aromatic heterocycles. The molecular formula is C13H22N4O. The zero-order chi connectivity index (χ0) is 12.4. The highest BCUT2D eigenvalue weighted by molar-refractivity contribution is 4.93. The molecule has 1 saturated carbocycles. The van der Waals surface area contributed by atoms with Crippen molar-refractivity contribution in [3.8, 4) is 0 Å². The van der Waals surface area contributed by atoms with E-state index in [1.807, 2.05) is 7.05 Å². The van der Waals surface area contributed by atoms with Crippen molar-refractivity contribution in [1.29, 1.82) is 0 Å². The van der Waals surface area contributed by atoms with Crippen molar-refractivity contribution < 1.29 is 4.74 Å². The van der Waals surface area contributed by atoms with Gasteiger partial charge in [-0.25, -0.2) is 4.98 Å². The summed E-state index contributed by atoms with van der Waals surface area (Å²) in [7, 11) is 1.89. The van der Waals surface area contributed by atoms with E-state index in [1.54, 1.807) is 11.0 Å². The van der Waals surface area contributed by atoms with Gasteiger partial charge in [0.15, 0.2) is 5.82 Å². The Kier molecular flexibility index (Phi) is 3.35. The van der Waals surface area contributed by atoms with Crippen molar-refractivity contribution in [2.75, 3.05) is 6.54 Å². The standard InChI is InChI=1S/C13H22N4O/c1-17-10-15-12(16-17)9-14-8-11-4-7-13(18-11)5-2-3-6-13/h10-11,14H,2-9H2,1H3. The maximum absolute atomic E-state index is 6.24. The summed E-state index contributed by atoms with van der Waals surface area (Å²) in [6.45, 7) is 1.65. The van der Waals surface area contributed by atoms with E-state index in [1.165, 1.54) is 38.5 Å². The van der Waals surface area contributed by atoms with Gasteiger partial charge in [0.25, 0.3) is 0 Å². The van der Waals surface area contributed by atoms with Crippen molar-refractivity contribution in [2.24, 2.45) is 7.05 Å². The molecule has 1 N–H and O–H groups in total. The first kappa shape index (κ1) is 12.1. The molecule has 2 fully saturated rings. The molecule has 1 saturated heterocycles. The van der Waals surface area contributed by atoms with Crippen LogP contribution in [-0.2, 0) is 18.3 Å². The number of nitrogens with zero attached hydrogens (tertiary/aromatic N) is 3. The zero-order valence-corrected chi connectivity index (χ0v) is 11.1. The van der Waals surface area contributed by atoms with Crippen molar-refractivity contribution >= 4 is 0 Å². The van der Waals surface area contributed by atoms with Crippen LogP contribution in [0.25, 0.3) is 0 Å². The Morgan fingerprint density at radius 3 is 3.00 bits per heavy atom. The number of rotatable bonds is 4. The van der Waals surface area contributed by atoms with Gasteiger partial charge in [0.2, 0.25) is 0 Å². The maximum atomic E-state index is 6.24. The third-order valence-electron chi connectivity index (χ3n) is 4.16. The van der Waals surface area contributed by atoms with Gasteiger partial charge in [-0.2, -0.15) is 5.10 Å². The molecule has 1 aliphatic carbocycles. The summed E-state index contributed by atoms with van der Waals surface area (Å²) < 4.78 is 7.98. The molecule has 0 aromatic carbocycles. The molecule has 1 aliphatic heterocycles. The monoisotopic (exact) mass is 250 g/mol. The highest BCUT2D eigenvalue weighted by atomic mass is 16.5. The number of aryl methyl sites for hydroxylation is 1. The summed E-state index contributed by atoms with van der Waals surface area (Å²) in [6.07, 6.45) is 9.79. The smallest absolute Gasteiger partial charge is 0.164 e. The lowest BCUT2D eigenvalue weighted by molar-refractivity contribution is -0.0352. The molecule has 0 radical (unpaired) electrons. The Morgan fingerprint density at radius 1 is 1.44 bits per heavy atom. The van der Waals surface area contributed by atoms with E-state index in [0.29, 0.717) is 6.10 Å². The number of ether oxygens (including phenoxy) is 1. The molecule has 1 unspecified atom stereocenters. The maximum Gasteiger partial charge on any atom is 0.164 e. The van der Waals surface area contributed by atoms with E-state index < -0.39 is 0 Å². The van der Waals surface area contributed by atoms with Crippen LogP contribution in [0.1, 0.15) is 44.3 Å². The molecule has 1 atom stereocenters. The first-order chi connectivity index (χ1) is 8.76. The number of nitrogens with one attached hydrogen (secondary N) is 1. The van der Waals surface area contributed by atoms with E-state index in [-0.39, 0.29) is 5.60 Å². The SMILES string of the molecule is Cn1cnc(CNCC2CCC3(CCCC3)O2)n1. The third-order valence-corrected chi connectivity index (χ3v) is 4.16. The Bertz CT molecular complexity index is 397. The van der Waals surface area contributed by atoms with Gasteiger partial charge in [0.1, 0.15) is 6.33 Å². The Morgan fingerprint density at radius 2 is 2.28 bits per heavy atom. The van der Waals surface area contributed by atoms with Crippen LogP contribution in [0.4, 0.5) is 0 Å². The van der Waals surface area contributed by atoms with Crippen molar-refractivity contribution in [3.63, 3.8) is 0 Å². The average Bonchev–Trinajstić information content (AvgIpc) is 3.05. The lowest BCUT2D eigenvalue weighted by Crippen LogP contribution is -2.31. The lowest BCUT2D eigenvalue weighted by atomic mass is 9.98. The van der Waals surface area contributed by atoms with Crippen LogP contribution in [-0.4, -0.2) is 33.0 Å². The molecule has 5 nitrogen and oxygen atoms in total. The lowest BCUT2D eigenvalue weighted by Gasteiger charge is -2.23. The summed E-state index contributed by atoms with van der Waals surface area (Å²) in [5, 5.41) is 7.65. The van der Waals surface area contributed by atoms with Gasteiger partial charge in [0.05, 0.1) is 18.2 Å². The van der Waals surface area contributed by atoms with E-state index in [0.717, 1.165) is 18.9 Å². The molecule has 18 heavy (non-hydrogen) atoms. The molecular weight excluding hydrogens is 228 g/mol. The molecule has 5 heteroatoms. The molecule has 100 valence electrons. The van der Waals surface area contributed by atoms with Gasteiger partial charge >= 0.3 is 0 Å². The van der Waals surface area contributed by atoms with Crippen molar-refractivity contribution in [1.82, 2.24) is 20.1 Å². The fourth-order valence-corrected chi connectivity index (χ4v) is 3.24. The van der Waals surface area contributed by atoms with Gasteiger partial charge in [0, 0.05) is 13.6 Å². The normalized spacial score (nSPS) is 26.2. The molecule has 3 rings (SSSR count). The van der Waals surface area contributed by atoms with E-state index in [9.17, 15) is 0 Å². The van der Waals surface area contributed by atoms with Crippen LogP contribution >= 0.6 is 0 Å². The van der Waals surface area contributed by atoms with E-state index in [4.69, 9.17) is 4.74 Å². The summed E-state index contributed by atoms with van der Waals surface area (Å²) in [6, 6.07) is 0. The minimum atomic E-state index is 0.246. The summed E-state index contributed by atoms with van der Waals surface area (Å²) in [5.41, 5.74) is 0.246. The quantitative estimate of drug-likeness (QED) is 0.877. The highest BCUT2D eigenvalue weighted by Gasteiger charge is 2.41. The van der Waals surface area contributed by atoms with E-state index in [2.05, 4.69) is 15.4 Å². The topological polar surface area (TPSA) is 52.0 Å². The largest absolute Gasteiger partial charge is 0.370 e. The fraction of sp³-hybridized carbons (Fsp3) is 0.846. The predicted molar refractivity (Wildman–Crippen MR) is 68.0 cm³/mol. The molecule has 2 aliphatic rings. The highest BCUT2D eigenvalue weighted by Crippen LogP contribution is 2.43. The Balaban J connectivity index is 1.42. The van der Waals surface area contributed by atoms with Crippen LogP contribution < -0.4 is 5.32 Å². The Labute approximate surface area is 108 Å². The minimum absolute atomic E-state index is 0.246. The van der Waals surface area contributed by atoms with Crippen molar-refractivity contribution in [2.45, 2.75) is 56.8 Å². The van der Waals surface area contributed by atoms with Gasteiger partial charge in [-0.15, -0.1) is 0 Å². The van der Waals surface area contributed by atoms with E-state index >= 15 is 0 Å². The van der Waals surface area contributed by atoms with Gasteiger partial charge in [-0.1, -0.05) is 12.8 Å². The molecule has 2 heterocycles. The zero-order valence-electron chi connectivity index (χ0n) is 11.1. The molecule has 1 spiro atoms. The van der Waals surface area contributed by atoms with Crippen LogP contribution in [0.15, 0.2) is 6.33 Å². The second-order valence-electron chi connectivity index (χ2n) is 5.63. The number of hydrogen-bond acceptors (Lipinski definition) is 4. The van der Waals surface area contributed by atoms with Crippen molar-refractivity contribution in [3.05, 3.63) is 12.2 Å². The van der Waals surface area contributed by atoms with Gasteiger partial charge in [-0.3, -0.25) is 4.68 Å². The van der Waals surface area contributed by atoms with Crippen LogP contribution in [0.3, 0.4) is 0 Å². The molecule has 0 bridgehead atoms. The van der Waals surface area contributed by atoms with Crippen LogP contribution in [0.5, 0.6) is 0 Å². The fourth-order valence-electron chi connectivity index (χ4n) is 3.24. The number of hydrogen-bond donors (Lipinski definition) is 1. The molecule has 1 aromatic rings. The predicted octanol–water partition coefficient (Wildman–Crippen LogP) is 1.40. The summed E-state index contributed by atoms with van der Waals surface area (Å²) in [4.78, 5) is 4.20. The van der Waals surface area contributed by atoms with Crippen LogP contribution in [0, 0.1) is 0 Å². The minimum Gasteiger partial charge on any atom is -0.370 e. The van der Waals surface area contributed by atoms with Crippen LogP contribution in [0.2, 0.25) is 0 Å². The first-order valence-electron chi connectivity index (χ1n) is 6.99. The second kappa shape index (κ2) is 4.97. The molecule has 0 amide bonds. The average molecular weight is 250 g/mol. The third kappa shape index (κ3) is 2.57. The summed E-state index contributed by atoms with van der Waals surface area (Å²) >= 11 is 0. The first-order valence-corrected chi connectivity index (χ1v) is 6.99. The van der Waals surface area contributed by atoms with Gasteiger partial charge in [-0.05, 0) is 25.7 Å². The summed E-state index contributed by atoms with van der Waals surface area (Å²) in [5.74, 6) is 0.853.